The first-order chi connectivity index (χ1) is 7.87. The van der Waals surface area contributed by atoms with Crippen molar-refractivity contribution in [3.05, 3.63) is 22.9 Å². The van der Waals surface area contributed by atoms with E-state index in [4.69, 9.17) is 18.0 Å². The molecule has 1 rings (SSSR count). The van der Waals surface area contributed by atoms with Crippen LogP contribution in [-0.4, -0.2) is 35.8 Å². The van der Waals surface area contributed by atoms with Gasteiger partial charge in [0.25, 0.3) is 0 Å². The number of sulfonamides is 1. The number of likely N-dealkylation sites (N-methyl/N-ethyl adjacent to an activating group) is 1. The van der Waals surface area contributed by atoms with Gasteiger partial charge in [0, 0.05) is 23.4 Å². The van der Waals surface area contributed by atoms with Crippen LogP contribution in [-0.2, 0) is 10.0 Å². The lowest BCUT2D eigenvalue weighted by atomic mass is 10.5. The van der Waals surface area contributed by atoms with Gasteiger partial charge in [-0.1, -0.05) is 19.1 Å². The van der Waals surface area contributed by atoms with Gasteiger partial charge in [-0.15, -0.1) is 0 Å². The number of rotatable bonds is 5. The second-order valence-corrected chi connectivity index (χ2v) is 6.61. The molecular formula is C9H12BrN3O2S2. The van der Waals surface area contributed by atoms with E-state index < -0.39 is 10.0 Å². The minimum absolute atomic E-state index is 0.0285. The summed E-state index contributed by atoms with van der Waals surface area (Å²) in [6.07, 6.45) is 2.81. The van der Waals surface area contributed by atoms with Crippen LogP contribution in [0, 0.1) is 0 Å². The number of hydrogen-bond donors (Lipinski definition) is 1. The Morgan fingerprint density at radius 1 is 1.59 bits per heavy atom. The predicted octanol–water partition coefficient (Wildman–Crippen LogP) is 1.14. The van der Waals surface area contributed by atoms with Gasteiger partial charge in [-0.05, 0) is 22.0 Å². The van der Waals surface area contributed by atoms with Crippen LogP contribution in [0.25, 0.3) is 0 Å². The standard InChI is InChI=1S/C9H12BrN3O2S2/c1-2-13(6-9(11)16)17(14,15)8-3-7(10)4-12-5-8/h3-5H,2,6H2,1H3,(H2,11,16). The first-order valence-electron chi connectivity index (χ1n) is 4.77. The average Bonchev–Trinajstić information content (AvgIpc) is 2.25. The third-order valence-corrected chi connectivity index (χ3v) is 4.45. The van der Waals surface area contributed by atoms with Crippen molar-refractivity contribution in [3.63, 3.8) is 0 Å². The van der Waals surface area contributed by atoms with Crippen molar-refractivity contribution in [2.24, 2.45) is 5.73 Å². The first kappa shape index (κ1) is 14.5. The summed E-state index contributed by atoms with van der Waals surface area (Å²) in [5.74, 6) is 0. The van der Waals surface area contributed by atoms with Gasteiger partial charge in [0.15, 0.2) is 0 Å². The highest BCUT2D eigenvalue weighted by molar-refractivity contribution is 9.10. The van der Waals surface area contributed by atoms with Crippen LogP contribution >= 0.6 is 28.1 Å². The lowest BCUT2D eigenvalue weighted by Crippen LogP contribution is -2.37. The molecule has 1 aromatic rings. The quantitative estimate of drug-likeness (QED) is 0.815. The maximum Gasteiger partial charge on any atom is 0.245 e. The highest BCUT2D eigenvalue weighted by Gasteiger charge is 2.23. The average molecular weight is 338 g/mol. The lowest BCUT2D eigenvalue weighted by molar-refractivity contribution is 0.467. The lowest BCUT2D eigenvalue weighted by Gasteiger charge is -2.19. The van der Waals surface area contributed by atoms with E-state index in [9.17, 15) is 8.42 Å². The number of hydrogen-bond acceptors (Lipinski definition) is 4. The van der Waals surface area contributed by atoms with Gasteiger partial charge in [0.05, 0.1) is 11.5 Å². The fourth-order valence-electron chi connectivity index (χ4n) is 1.22. The zero-order valence-corrected chi connectivity index (χ0v) is 12.3. The Morgan fingerprint density at radius 3 is 2.71 bits per heavy atom. The van der Waals surface area contributed by atoms with Gasteiger partial charge in [0.1, 0.15) is 4.90 Å². The Morgan fingerprint density at radius 2 is 2.24 bits per heavy atom. The fraction of sp³-hybridized carbons (Fsp3) is 0.333. The smallest absolute Gasteiger partial charge is 0.245 e. The number of thiocarbonyl (C=S) groups is 1. The Hall–Kier alpha value is -0.570. The van der Waals surface area contributed by atoms with Crippen LogP contribution in [0.4, 0.5) is 0 Å². The van der Waals surface area contributed by atoms with Gasteiger partial charge in [-0.3, -0.25) is 4.98 Å². The van der Waals surface area contributed by atoms with Gasteiger partial charge >= 0.3 is 0 Å². The van der Waals surface area contributed by atoms with Gasteiger partial charge in [0.2, 0.25) is 10.0 Å². The van der Waals surface area contributed by atoms with E-state index in [1.807, 2.05) is 0 Å². The molecule has 5 nitrogen and oxygen atoms in total. The molecule has 2 N–H and O–H groups in total. The van der Waals surface area contributed by atoms with Crippen LogP contribution in [0.2, 0.25) is 0 Å². The van der Waals surface area contributed by atoms with Crippen LogP contribution in [0.15, 0.2) is 27.8 Å². The highest BCUT2D eigenvalue weighted by Crippen LogP contribution is 2.18. The van der Waals surface area contributed by atoms with Crippen molar-refractivity contribution in [1.29, 1.82) is 0 Å². The van der Waals surface area contributed by atoms with Crippen molar-refractivity contribution < 1.29 is 8.42 Å². The Labute approximate surface area is 114 Å². The molecule has 17 heavy (non-hydrogen) atoms. The summed E-state index contributed by atoms with van der Waals surface area (Å²) in [4.78, 5) is 4.08. The van der Waals surface area contributed by atoms with Crippen LogP contribution in [0.1, 0.15) is 6.92 Å². The molecule has 8 heteroatoms. The zero-order valence-electron chi connectivity index (χ0n) is 9.13. The summed E-state index contributed by atoms with van der Waals surface area (Å²) in [6, 6.07) is 1.49. The van der Waals surface area contributed by atoms with E-state index >= 15 is 0 Å². The predicted molar refractivity (Wildman–Crippen MR) is 73.2 cm³/mol. The van der Waals surface area contributed by atoms with Crippen LogP contribution < -0.4 is 5.73 Å². The van der Waals surface area contributed by atoms with Gasteiger partial charge < -0.3 is 5.73 Å². The summed E-state index contributed by atoms with van der Waals surface area (Å²) in [6.45, 7) is 2.05. The maximum absolute atomic E-state index is 12.2. The second-order valence-electron chi connectivity index (χ2n) is 3.24. The molecule has 0 aliphatic rings. The molecule has 1 aromatic heterocycles. The number of aromatic nitrogens is 1. The second kappa shape index (κ2) is 5.85. The Bertz CT molecular complexity index is 519. The normalized spacial score (nSPS) is 11.7. The van der Waals surface area contributed by atoms with E-state index in [1.54, 1.807) is 6.92 Å². The van der Waals surface area contributed by atoms with E-state index in [-0.39, 0.29) is 16.4 Å². The minimum atomic E-state index is -3.60. The number of pyridine rings is 1. The molecule has 0 atom stereocenters. The highest BCUT2D eigenvalue weighted by atomic mass is 79.9. The Kier molecular flexibility index (Phi) is 4.99. The molecule has 0 spiro atoms. The first-order valence-corrected chi connectivity index (χ1v) is 7.41. The molecule has 0 unspecified atom stereocenters. The summed E-state index contributed by atoms with van der Waals surface area (Å²) in [7, 11) is -3.60. The van der Waals surface area contributed by atoms with E-state index in [0.29, 0.717) is 11.0 Å². The molecular weight excluding hydrogens is 326 g/mol. The summed E-state index contributed by atoms with van der Waals surface area (Å²) in [5.41, 5.74) is 5.37. The molecule has 0 bridgehead atoms. The zero-order chi connectivity index (χ0) is 13.1. The van der Waals surface area contributed by atoms with E-state index in [1.165, 1.54) is 22.8 Å². The maximum atomic E-state index is 12.2. The molecule has 0 saturated carbocycles. The summed E-state index contributed by atoms with van der Waals surface area (Å²) < 4.78 is 26.2. The minimum Gasteiger partial charge on any atom is -0.392 e. The van der Waals surface area contributed by atoms with E-state index in [2.05, 4.69) is 20.9 Å². The molecule has 0 saturated heterocycles. The number of nitrogens with zero attached hydrogens (tertiary/aromatic N) is 2. The largest absolute Gasteiger partial charge is 0.392 e. The molecule has 94 valence electrons. The molecule has 0 fully saturated rings. The van der Waals surface area contributed by atoms with Crippen molar-refractivity contribution in [3.8, 4) is 0 Å². The van der Waals surface area contributed by atoms with Crippen LogP contribution in [0.3, 0.4) is 0 Å². The van der Waals surface area contributed by atoms with Crippen molar-refractivity contribution in [1.82, 2.24) is 9.29 Å². The summed E-state index contributed by atoms with van der Waals surface area (Å²) >= 11 is 7.91. The number of halogens is 1. The third-order valence-electron chi connectivity index (χ3n) is 2.00. The monoisotopic (exact) mass is 337 g/mol. The SMILES string of the molecule is CCN(CC(N)=S)S(=O)(=O)c1cncc(Br)c1. The molecule has 0 aliphatic heterocycles. The molecule has 0 radical (unpaired) electrons. The van der Waals surface area contributed by atoms with Gasteiger partial charge in [-0.25, -0.2) is 8.42 Å². The fourth-order valence-corrected chi connectivity index (χ4v) is 3.39. The molecule has 1 heterocycles. The van der Waals surface area contributed by atoms with Gasteiger partial charge in [-0.2, -0.15) is 4.31 Å². The molecule has 0 aromatic carbocycles. The summed E-state index contributed by atoms with van der Waals surface area (Å²) in [5, 5.41) is 0. The molecule has 0 aliphatic carbocycles. The molecule has 0 amide bonds. The third kappa shape index (κ3) is 3.70. The number of nitrogens with two attached hydrogens (primary N) is 1. The topological polar surface area (TPSA) is 76.3 Å². The van der Waals surface area contributed by atoms with E-state index in [0.717, 1.165) is 0 Å². The van der Waals surface area contributed by atoms with Crippen LogP contribution in [0.5, 0.6) is 0 Å². The van der Waals surface area contributed by atoms with Crippen molar-refractivity contribution in [2.75, 3.05) is 13.1 Å². The Balaban J connectivity index is 3.13. The van der Waals surface area contributed by atoms with Crippen molar-refractivity contribution >= 4 is 43.2 Å². The van der Waals surface area contributed by atoms with Crippen molar-refractivity contribution in [2.45, 2.75) is 11.8 Å².